The molecule has 0 saturated heterocycles. The van der Waals surface area contributed by atoms with Crippen molar-refractivity contribution in [2.24, 2.45) is 0 Å². The van der Waals surface area contributed by atoms with Gasteiger partial charge in [-0.15, -0.1) is 0 Å². The predicted octanol–water partition coefficient (Wildman–Crippen LogP) is 2.63. The molecule has 0 unspecified atom stereocenters. The highest BCUT2D eigenvalue weighted by atomic mass is 16.3. The minimum atomic E-state index is -0.258. The second kappa shape index (κ2) is 6.06. The Hall–Kier alpha value is -2.56. The number of carbonyl (C=O) groups is 1. The first kappa shape index (κ1) is 13.9. The summed E-state index contributed by atoms with van der Waals surface area (Å²) in [6.45, 7) is 1.99. The third-order valence-corrected chi connectivity index (χ3v) is 2.88. The fourth-order valence-corrected chi connectivity index (χ4v) is 1.56. The van der Waals surface area contributed by atoms with Gasteiger partial charge in [0.05, 0.1) is 20.4 Å². The van der Waals surface area contributed by atoms with Gasteiger partial charge in [-0.3, -0.25) is 9.37 Å². The van der Waals surface area contributed by atoms with E-state index in [1.807, 2.05) is 49.9 Å². The molecule has 2 N–H and O–H groups in total. The molecule has 20 heavy (non-hydrogen) atoms. The summed E-state index contributed by atoms with van der Waals surface area (Å²) in [6.07, 6.45) is 1.47. The minimum absolute atomic E-state index is 0.258. The van der Waals surface area contributed by atoms with Crippen molar-refractivity contribution in [3.05, 3.63) is 48.4 Å². The highest BCUT2D eigenvalue weighted by Crippen LogP contribution is 2.14. The number of nitrogens with zero attached hydrogens (tertiary/aromatic N) is 1. The standard InChI is InChI=1S/C15H17N3O2/c1-11(18(2)3)16-12-6-8-13(9-7-12)17-15(19)14-5-4-10-20-14/h4-10H,1-3H3,(H,17,19)/p+1. The number of benzene rings is 1. The Balaban J connectivity index is 2.02. The Kier molecular flexibility index (Phi) is 4.20. The smallest absolute Gasteiger partial charge is 0.291 e. The molecule has 1 aromatic carbocycles. The summed E-state index contributed by atoms with van der Waals surface area (Å²) in [5.74, 6) is 1.08. The molecule has 0 aliphatic heterocycles. The lowest BCUT2D eigenvalue weighted by molar-refractivity contribution is -0.464. The molecule has 0 bridgehead atoms. The molecule has 1 aromatic heterocycles. The summed E-state index contributed by atoms with van der Waals surface area (Å²) >= 11 is 0. The number of amidine groups is 1. The van der Waals surface area contributed by atoms with Gasteiger partial charge in [0, 0.05) is 12.6 Å². The van der Waals surface area contributed by atoms with Gasteiger partial charge in [0.1, 0.15) is 5.69 Å². The maximum absolute atomic E-state index is 11.8. The quantitative estimate of drug-likeness (QED) is 0.513. The predicted molar refractivity (Wildman–Crippen MR) is 79.5 cm³/mol. The van der Waals surface area contributed by atoms with Crippen molar-refractivity contribution < 1.29 is 13.8 Å². The van der Waals surface area contributed by atoms with E-state index in [1.54, 1.807) is 12.1 Å². The number of carbonyl (C=O) groups excluding carboxylic acids is 1. The molecule has 2 rings (SSSR count). The van der Waals surface area contributed by atoms with Gasteiger partial charge in [0.2, 0.25) is 5.84 Å². The third-order valence-electron chi connectivity index (χ3n) is 2.88. The first-order chi connectivity index (χ1) is 9.56. The monoisotopic (exact) mass is 272 g/mol. The molecular weight excluding hydrogens is 254 g/mol. The van der Waals surface area contributed by atoms with Gasteiger partial charge in [-0.05, 0) is 36.4 Å². The van der Waals surface area contributed by atoms with E-state index in [0.717, 1.165) is 17.2 Å². The summed E-state index contributed by atoms with van der Waals surface area (Å²) in [4.78, 5) is 11.8. The normalized spacial score (nSPS) is 9.95. The second-order valence-corrected chi connectivity index (χ2v) is 4.61. The van der Waals surface area contributed by atoms with Crippen LogP contribution < -0.4 is 10.6 Å². The lowest BCUT2D eigenvalue weighted by Gasteiger charge is -2.05. The lowest BCUT2D eigenvalue weighted by Crippen LogP contribution is -2.18. The number of furan rings is 1. The third kappa shape index (κ3) is 3.47. The van der Waals surface area contributed by atoms with Crippen LogP contribution in [0.25, 0.3) is 0 Å². The molecule has 1 heterocycles. The van der Waals surface area contributed by atoms with Crippen molar-refractivity contribution in [3.8, 4) is 0 Å². The number of anilines is 2. The Morgan fingerprint density at radius 1 is 1.05 bits per heavy atom. The first-order valence-electron chi connectivity index (χ1n) is 6.29. The highest BCUT2D eigenvalue weighted by molar-refractivity contribution is 6.02. The van der Waals surface area contributed by atoms with Gasteiger partial charge < -0.3 is 9.73 Å². The van der Waals surface area contributed by atoms with Crippen LogP contribution in [0.4, 0.5) is 11.4 Å². The molecule has 5 heteroatoms. The molecular formula is C15H18N3O2+. The molecule has 1 amide bonds. The van der Waals surface area contributed by atoms with Crippen LogP contribution in [0.3, 0.4) is 0 Å². The van der Waals surface area contributed by atoms with E-state index in [9.17, 15) is 4.79 Å². The molecule has 0 atom stereocenters. The van der Waals surface area contributed by atoms with Crippen LogP contribution in [0.1, 0.15) is 17.5 Å². The lowest BCUT2D eigenvalue weighted by atomic mass is 10.2. The Bertz CT molecular complexity index is 609. The topological polar surface area (TPSA) is 57.3 Å². The van der Waals surface area contributed by atoms with E-state index in [0.29, 0.717) is 5.76 Å². The Labute approximate surface area is 117 Å². The van der Waals surface area contributed by atoms with Crippen molar-refractivity contribution in [3.63, 3.8) is 0 Å². The number of hydrogen-bond acceptors (Lipinski definition) is 2. The zero-order chi connectivity index (χ0) is 14.5. The zero-order valence-electron chi connectivity index (χ0n) is 11.8. The molecule has 0 radical (unpaired) electrons. The van der Waals surface area contributed by atoms with Crippen LogP contribution >= 0.6 is 0 Å². The fraction of sp³-hybridized carbons (Fsp3) is 0.200. The van der Waals surface area contributed by atoms with Gasteiger partial charge in [-0.25, -0.2) is 5.32 Å². The first-order valence-corrected chi connectivity index (χ1v) is 6.29. The molecule has 0 fully saturated rings. The maximum Gasteiger partial charge on any atom is 0.291 e. The average molecular weight is 272 g/mol. The van der Waals surface area contributed by atoms with E-state index < -0.39 is 0 Å². The average Bonchev–Trinajstić information content (AvgIpc) is 2.95. The van der Waals surface area contributed by atoms with E-state index in [2.05, 4.69) is 10.6 Å². The fourth-order valence-electron chi connectivity index (χ4n) is 1.56. The van der Waals surface area contributed by atoms with Crippen molar-refractivity contribution >= 4 is 23.1 Å². The number of rotatable bonds is 3. The molecule has 0 spiro atoms. The summed E-state index contributed by atoms with van der Waals surface area (Å²) in [6, 6.07) is 10.8. The van der Waals surface area contributed by atoms with Crippen molar-refractivity contribution in [2.75, 3.05) is 24.7 Å². The van der Waals surface area contributed by atoms with Crippen LogP contribution in [0.15, 0.2) is 47.1 Å². The van der Waals surface area contributed by atoms with Crippen molar-refractivity contribution in [2.45, 2.75) is 6.92 Å². The number of amides is 1. The van der Waals surface area contributed by atoms with Crippen LogP contribution in [-0.2, 0) is 0 Å². The molecule has 0 aliphatic carbocycles. The van der Waals surface area contributed by atoms with Crippen LogP contribution in [0.2, 0.25) is 0 Å². The van der Waals surface area contributed by atoms with Gasteiger partial charge in [0.15, 0.2) is 5.76 Å². The van der Waals surface area contributed by atoms with E-state index in [4.69, 9.17) is 4.42 Å². The molecule has 5 nitrogen and oxygen atoms in total. The van der Waals surface area contributed by atoms with Crippen LogP contribution in [0, 0.1) is 0 Å². The SMILES string of the molecule is CC(Nc1ccc(NC(=O)c2ccco2)cc1)=[N+](C)C. The molecule has 104 valence electrons. The minimum Gasteiger partial charge on any atom is -0.459 e. The van der Waals surface area contributed by atoms with Crippen molar-refractivity contribution in [1.29, 1.82) is 0 Å². The van der Waals surface area contributed by atoms with E-state index in [1.165, 1.54) is 6.26 Å². The summed E-state index contributed by atoms with van der Waals surface area (Å²) in [7, 11) is 3.95. The second-order valence-electron chi connectivity index (χ2n) is 4.61. The van der Waals surface area contributed by atoms with Gasteiger partial charge in [-0.1, -0.05) is 0 Å². The Morgan fingerprint density at radius 3 is 2.15 bits per heavy atom. The van der Waals surface area contributed by atoms with Crippen molar-refractivity contribution in [1.82, 2.24) is 0 Å². The highest BCUT2D eigenvalue weighted by Gasteiger charge is 2.09. The van der Waals surface area contributed by atoms with Gasteiger partial charge in [-0.2, -0.15) is 0 Å². The van der Waals surface area contributed by atoms with Crippen LogP contribution in [-0.4, -0.2) is 30.4 Å². The summed E-state index contributed by atoms with van der Waals surface area (Å²) in [5, 5.41) is 6.03. The Morgan fingerprint density at radius 2 is 1.65 bits per heavy atom. The molecule has 0 saturated carbocycles. The van der Waals surface area contributed by atoms with E-state index in [-0.39, 0.29) is 5.91 Å². The molecule has 2 aromatic rings. The summed E-state index contributed by atoms with van der Waals surface area (Å²) in [5.41, 5.74) is 1.69. The number of hydrogen-bond donors (Lipinski definition) is 2. The number of nitrogens with one attached hydrogen (secondary N) is 2. The van der Waals surface area contributed by atoms with Gasteiger partial charge >= 0.3 is 0 Å². The van der Waals surface area contributed by atoms with E-state index >= 15 is 0 Å². The largest absolute Gasteiger partial charge is 0.459 e. The molecule has 0 aliphatic rings. The van der Waals surface area contributed by atoms with Crippen LogP contribution in [0.5, 0.6) is 0 Å². The maximum atomic E-state index is 11.8. The summed E-state index contributed by atoms with van der Waals surface area (Å²) < 4.78 is 7.03. The zero-order valence-corrected chi connectivity index (χ0v) is 11.8. The van der Waals surface area contributed by atoms with Gasteiger partial charge in [0.25, 0.3) is 5.91 Å².